The molecular weight excluding hydrogens is 579 g/mol. The first-order valence-electron chi connectivity index (χ1n) is 14.4. The fourth-order valence-electron chi connectivity index (χ4n) is 4.06. The number of nitrogens with one attached hydrogen (secondary N) is 1. The summed E-state index contributed by atoms with van der Waals surface area (Å²) in [5.41, 5.74) is 3.32. The number of ketones is 1. The van der Waals surface area contributed by atoms with Crippen LogP contribution in [-0.2, 0) is 14.3 Å². The van der Waals surface area contributed by atoms with Gasteiger partial charge in [0.2, 0.25) is 5.78 Å². The molecule has 2 N–H and O–H groups in total. The van der Waals surface area contributed by atoms with E-state index in [2.05, 4.69) is 11.9 Å². The Hall–Kier alpha value is -4.08. The molecule has 9 heteroatoms. The van der Waals surface area contributed by atoms with Crippen LogP contribution < -0.4 is 5.32 Å². The van der Waals surface area contributed by atoms with Gasteiger partial charge in [0.25, 0.3) is 5.24 Å². The molecule has 1 aliphatic heterocycles. The summed E-state index contributed by atoms with van der Waals surface area (Å²) in [4.78, 5) is 26.6. The van der Waals surface area contributed by atoms with Crippen molar-refractivity contribution in [3.8, 4) is 0 Å². The minimum absolute atomic E-state index is 0.0690. The number of Topliss-reactive ketones (excluding diaryl/α,β-unsaturated/α-hetero) is 1. The van der Waals surface area contributed by atoms with Gasteiger partial charge in [0, 0.05) is 31.1 Å². The van der Waals surface area contributed by atoms with E-state index in [0.29, 0.717) is 29.4 Å². The number of aliphatic hydroxyl groups excluding tert-OH is 1. The molecule has 0 aromatic heterocycles. The second kappa shape index (κ2) is 20.0. The van der Waals surface area contributed by atoms with E-state index in [-0.39, 0.29) is 42.9 Å². The quantitative estimate of drug-likeness (QED) is 0.191. The van der Waals surface area contributed by atoms with Crippen molar-refractivity contribution >= 4 is 22.8 Å². The van der Waals surface area contributed by atoms with Crippen LogP contribution in [0.25, 0.3) is 0 Å². The molecule has 1 heterocycles. The van der Waals surface area contributed by atoms with Gasteiger partial charge in [-0.05, 0) is 68.3 Å². The van der Waals surface area contributed by atoms with Crippen LogP contribution in [0.4, 0.5) is 9.18 Å². The molecule has 2 aliphatic carbocycles. The third-order valence-electron chi connectivity index (χ3n) is 6.38. The first-order valence-corrected chi connectivity index (χ1v) is 15.2. The van der Waals surface area contributed by atoms with Crippen LogP contribution >= 0.6 is 11.8 Å². The highest BCUT2D eigenvalue weighted by Gasteiger charge is 2.31. The Labute approximate surface area is 264 Å². The van der Waals surface area contributed by atoms with Crippen molar-refractivity contribution in [1.82, 2.24) is 10.2 Å². The Balaban J connectivity index is 0.000000523. The van der Waals surface area contributed by atoms with E-state index < -0.39 is 0 Å². The Morgan fingerprint density at radius 1 is 1.14 bits per heavy atom. The number of hydrogen-bond donors (Lipinski definition) is 2. The highest BCUT2D eigenvalue weighted by Crippen LogP contribution is 2.34. The average molecular weight is 623 g/mol. The van der Waals surface area contributed by atoms with Crippen LogP contribution in [0.2, 0.25) is 0 Å². The molecule has 0 unspecified atom stereocenters. The van der Waals surface area contributed by atoms with Gasteiger partial charge in [-0.2, -0.15) is 0 Å². The summed E-state index contributed by atoms with van der Waals surface area (Å²) in [6.07, 6.45) is 25.8. The lowest BCUT2D eigenvalue weighted by Gasteiger charge is -2.33. The van der Waals surface area contributed by atoms with Crippen molar-refractivity contribution < 1.29 is 28.6 Å². The van der Waals surface area contributed by atoms with Gasteiger partial charge in [-0.25, -0.2) is 4.39 Å². The highest BCUT2D eigenvalue weighted by molar-refractivity contribution is 8.16. The topological polar surface area (TPSA) is 88.1 Å². The number of thioether (sulfide) groups is 1. The molecule has 0 radical (unpaired) electrons. The van der Waals surface area contributed by atoms with Crippen molar-refractivity contribution in [2.24, 2.45) is 0 Å². The number of amides is 1. The minimum Gasteiger partial charge on any atom is -0.490 e. The summed E-state index contributed by atoms with van der Waals surface area (Å²) in [5.74, 6) is 0.706. The van der Waals surface area contributed by atoms with Gasteiger partial charge >= 0.3 is 0 Å². The molecule has 0 aromatic carbocycles. The maximum atomic E-state index is 13.9. The van der Waals surface area contributed by atoms with Crippen molar-refractivity contribution in [1.29, 1.82) is 0 Å². The van der Waals surface area contributed by atoms with E-state index in [9.17, 15) is 14.0 Å². The molecule has 44 heavy (non-hydrogen) atoms. The Morgan fingerprint density at radius 3 is 2.59 bits per heavy atom. The van der Waals surface area contributed by atoms with E-state index in [1.807, 2.05) is 86.6 Å². The Morgan fingerprint density at radius 2 is 1.89 bits per heavy atom. The lowest BCUT2D eigenvalue weighted by molar-refractivity contribution is -0.119. The zero-order valence-corrected chi connectivity index (χ0v) is 26.8. The normalized spacial score (nSPS) is 20.6. The monoisotopic (exact) mass is 622 g/mol. The molecule has 236 valence electrons. The van der Waals surface area contributed by atoms with Gasteiger partial charge in [0.05, 0.1) is 18.7 Å². The molecule has 0 saturated heterocycles. The molecule has 0 aromatic rings. The van der Waals surface area contributed by atoms with Crippen LogP contribution in [0.1, 0.15) is 39.5 Å². The lowest BCUT2D eigenvalue weighted by atomic mass is 9.96. The minimum atomic E-state index is -0.229. The second-order valence-electron chi connectivity index (χ2n) is 9.85. The summed E-state index contributed by atoms with van der Waals surface area (Å²) >= 11 is 1.03. The van der Waals surface area contributed by atoms with Gasteiger partial charge in [-0.1, -0.05) is 66.8 Å². The molecule has 0 bridgehead atoms. The Kier molecular flexibility index (Phi) is 16.4. The predicted octanol–water partition coefficient (Wildman–Crippen LogP) is 7.64. The fraction of sp³-hybridized carbons (Fsp3) is 0.314. The van der Waals surface area contributed by atoms with Crippen molar-refractivity contribution in [3.05, 3.63) is 130 Å². The molecule has 0 spiro atoms. The standard InChI is InChI=1S/C28H30FNO3.C7H13NO2S/c1-3-4-7-14-24-21-26(31)28(33-20-19-32-25-15-8-5-6-9-16-25)27(30(24)2)22-12-10-11-13-23(29)18-17-22;1-5(2)6(4-9)11-7(10)8-3/h3-5,7-11,13-17H,1,6,12,18-21H2,2H3;9H,4H2,1-3H3,(H,8,10)/b7-4-,11-10-,22-17+,23-13+,24-14+;. The molecule has 7 nitrogen and oxygen atoms in total. The van der Waals surface area contributed by atoms with Crippen LogP contribution in [0, 0.1) is 0 Å². The van der Waals surface area contributed by atoms with Crippen LogP contribution in [0.3, 0.4) is 0 Å². The zero-order valence-electron chi connectivity index (χ0n) is 26.0. The molecule has 3 aliphatic rings. The number of rotatable bonds is 10. The smallest absolute Gasteiger partial charge is 0.283 e. The molecule has 3 rings (SSSR count). The zero-order chi connectivity index (χ0) is 32.3. The lowest BCUT2D eigenvalue weighted by Crippen LogP contribution is -2.31. The third kappa shape index (κ3) is 12.3. The summed E-state index contributed by atoms with van der Waals surface area (Å²) < 4.78 is 25.7. The first-order chi connectivity index (χ1) is 21.2. The van der Waals surface area contributed by atoms with Gasteiger partial charge in [0.15, 0.2) is 5.76 Å². The van der Waals surface area contributed by atoms with Gasteiger partial charge in [-0.3, -0.25) is 9.59 Å². The summed E-state index contributed by atoms with van der Waals surface area (Å²) in [5, 5.41) is 11.1. The summed E-state index contributed by atoms with van der Waals surface area (Å²) in [7, 11) is 3.47. The van der Waals surface area contributed by atoms with E-state index in [0.717, 1.165) is 40.8 Å². The molecule has 0 atom stereocenters. The van der Waals surface area contributed by atoms with Crippen molar-refractivity contribution in [2.75, 3.05) is 33.9 Å². The van der Waals surface area contributed by atoms with E-state index in [1.54, 1.807) is 19.2 Å². The largest absolute Gasteiger partial charge is 0.490 e. The van der Waals surface area contributed by atoms with Crippen LogP contribution in [-0.4, -0.2) is 54.9 Å². The van der Waals surface area contributed by atoms with Crippen LogP contribution in [0.15, 0.2) is 130 Å². The SMILES string of the molecule is C=C/C=C\C=C1/CC(=O)C(OCCOC2=CC=CCC=C2)=C(/C2=C/C/C(F)=C\C=C/C2)N1C.CNC(=O)SC(CO)=C(C)C. The molecule has 0 saturated carbocycles. The first kappa shape index (κ1) is 36.1. The van der Waals surface area contributed by atoms with E-state index >= 15 is 0 Å². The number of halogens is 1. The molecule has 1 amide bonds. The number of hydrogen-bond acceptors (Lipinski definition) is 7. The number of allylic oxidation sites excluding steroid dienone is 18. The predicted molar refractivity (Wildman–Crippen MR) is 178 cm³/mol. The summed E-state index contributed by atoms with van der Waals surface area (Å²) in [6, 6.07) is 0. The molecule has 0 fully saturated rings. The van der Waals surface area contributed by atoms with Gasteiger partial charge in [0.1, 0.15) is 24.8 Å². The summed E-state index contributed by atoms with van der Waals surface area (Å²) in [6.45, 7) is 7.86. The van der Waals surface area contributed by atoms with Crippen molar-refractivity contribution in [3.63, 3.8) is 0 Å². The average Bonchev–Trinajstić information content (AvgIpc) is 3.28. The number of ether oxygens (including phenoxy) is 2. The van der Waals surface area contributed by atoms with Crippen LogP contribution in [0.5, 0.6) is 0 Å². The van der Waals surface area contributed by atoms with Crippen molar-refractivity contribution in [2.45, 2.75) is 39.5 Å². The third-order valence-corrected chi connectivity index (χ3v) is 7.55. The maximum absolute atomic E-state index is 13.9. The number of carbonyl (C=O) groups is 2. The van der Waals surface area contributed by atoms with E-state index in [1.165, 1.54) is 6.08 Å². The Bertz CT molecular complexity index is 1350. The highest BCUT2D eigenvalue weighted by atomic mass is 32.2. The van der Waals surface area contributed by atoms with E-state index in [4.69, 9.17) is 14.6 Å². The number of likely N-dealkylation sites (N-methyl/N-ethyl adjacent to an activating group) is 1. The number of nitrogens with zero attached hydrogens (tertiary/aromatic N) is 1. The number of aliphatic hydroxyl groups is 1. The fourth-order valence-corrected chi connectivity index (χ4v) is 4.66. The molecular formula is C35H43FN2O5S. The second-order valence-corrected chi connectivity index (χ2v) is 10.9. The maximum Gasteiger partial charge on any atom is 0.283 e. The number of carbonyl (C=O) groups excluding carboxylic acids is 2. The van der Waals surface area contributed by atoms with Gasteiger partial charge in [-0.15, -0.1) is 0 Å². The van der Waals surface area contributed by atoms with Gasteiger partial charge < -0.3 is 24.8 Å².